The molecule has 5 rings (SSSR count). The van der Waals surface area contributed by atoms with Crippen molar-refractivity contribution >= 4 is 45.0 Å². The number of thiocarbonyl (C=S) groups is 1. The highest BCUT2D eigenvalue weighted by molar-refractivity contribution is 7.81. The smallest absolute Gasteiger partial charge is 0.225 e. The second-order valence-corrected chi connectivity index (χ2v) is 13.4. The highest BCUT2D eigenvalue weighted by Crippen LogP contribution is 2.36. The molecule has 2 aliphatic rings. The van der Waals surface area contributed by atoms with Gasteiger partial charge in [-0.2, -0.15) is 0 Å². The van der Waals surface area contributed by atoms with E-state index in [1.165, 1.54) is 31.1 Å². The molecule has 2 aromatic carbocycles. The molecule has 2 aliphatic heterocycles. The number of amides is 1. The maximum Gasteiger partial charge on any atom is 0.225 e. The Bertz CT molecular complexity index is 1410. The van der Waals surface area contributed by atoms with Gasteiger partial charge in [-0.1, -0.05) is 68.7 Å². The van der Waals surface area contributed by atoms with Gasteiger partial charge in [0.1, 0.15) is 4.99 Å². The van der Waals surface area contributed by atoms with Gasteiger partial charge in [-0.15, -0.1) is 0 Å². The minimum atomic E-state index is -0.942. The Morgan fingerprint density at radius 3 is 2.59 bits per heavy atom. The summed E-state index contributed by atoms with van der Waals surface area (Å²) in [6.07, 6.45) is 10.9. The Morgan fingerprint density at radius 2 is 1.88 bits per heavy atom. The first-order valence-electron chi connectivity index (χ1n) is 15.0. The summed E-state index contributed by atoms with van der Waals surface area (Å²) in [6.45, 7) is 7.22. The highest BCUT2D eigenvalue weighted by Gasteiger charge is 2.32. The number of fused-ring (bicyclic) bond motifs is 1. The number of nitrogens with one attached hydrogen (secondary N) is 1. The highest BCUT2D eigenvalue weighted by atomic mass is 32.2. The predicted molar refractivity (Wildman–Crippen MR) is 173 cm³/mol. The summed E-state index contributed by atoms with van der Waals surface area (Å²) in [6, 6.07) is 14.9. The predicted octanol–water partition coefficient (Wildman–Crippen LogP) is 5.00. The van der Waals surface area contributed by atoms with Crippen LogP contribution >= 0.6 is 12.2 Å². The van der Waals surface area contributed by atoms with E-state index in [2.05, 4.69) is 58.2 Å². The molecule has 3 aromatic rings. The van der Waals surface area contributed by atoms with Crippen LogP contribution < -0.4 is 11.1 Å². The van der Waals surface area contributed by atoms with Crippen LogP contribution in [0.1, 0.15) is 62.6 Å². The Kier molecular flexibility index (Phi) is 9.91. The average Bonchev–Trinajstić information content (AvgIpc) is 3.34. The lowest BCUT2D eigenvalue weighted by Gasteiger charge is -2.38. The van der Waals surface area contributed by atoms with E-state index in [0.29, 0.717) is 17.6 Å². The van der Waals surface area contributed by atoms with Crippen molar-refractivity contribution in [1.82, 2.24) is 19.1 Å². The zero-order valence-corrected chi connectivity index (χ0v) is 25.9. The second-order valence-electron chi connectivity index (χ2n) is 11.6. The molecule has 1 aromatic heterocycles. The molecule has 0 spiro atoms. The zero-order valence-electron chi connectivity index (χ0n) is 24.3. The fourth-order valence-electron chi connectivity index (χ4n) is 6.17. The quantitative estimate of drug-likeness (QED) is 0.228. The van der Waals surface area contributed by atoms with Crippen molar-refractivity contribution in [2.75, 3.05) is 39.0 Å². The third-order valence-electron chi connectivity index (χ3n) is 8.66. The number of hydrogen-bond donors (Lipinski definition) is 2. The van der Waals surface area contributed by atoms with Crippen LogP contribution in [-0.4, -0.2) is 67.9 Å². The molecule has 0 radical (unpaired) electrons. The second kappa shape index (κ2) is 13.6. The molecule has 9 heteroatoms. The van der Waals surface area contributed by atoms with E-state index in [1.54, 1.807) is 6.26 Å². The largest absolute Gasteiger partial charge is 0.389 e. The number of nitrogens with zero attached hydrogens (tertiary/aromatic N) is 3. The van der Waals surface area contributed by atoms with E-state index in [4.69, 9.17) is 18.0 Å². The van der Waals surface area contributed by atoms with Crippen molar-refractivity contribution in [3.8, 4) is 11.1 Å². The molecule has 3 heterocycles. The van der Waals surface area contributed by atoms with Crippen LogP contribution in [0.3, 0.4) is 0 Å². The van der Waals surface area contributed by atoms with Crippen LogP contribution in [0.25, 0.3) is 22.0 Å². The SMILES string of the molecule is CCCCCCN1CC(C(=O)NCc2ccc3c(-c4cccc(C(N)=S)c4)cn(C4CCN(S(C)=O)CC4)c3c2)C1. The van der Waals surface area contributed by atoms with E-state index in [9.17, 15) is 9.00 Å². The van der Waals surface area contributed by atoms with E-state index in [0.717, 1.165) is 73.3 Å². The Hall–Kier alpha value is -2.59. The van der Waals surface area contributed by atoms with Gasteiger partial charge in [-0.05, 0) is 49.1 Å². The number of aromatic nitrogens is 1. The minimum Gasteiger partial charge on any atom is -0.389 e. The third kappa shape index (κ3) is 7.08. The molecule has 2 fully saturated rings. The standard InChI is InChI=1S/C32H43N5O2S2/c1-3-4-5-6-14-35-20-26(21-35)32(38)34-19-23-10-11-28-29(24-8-7-9-25(18-24)31(33)40)22-37(30(28)17-23)27-12-15-36(16-13-27)41(2)39/h7-11,17-18,22,26-27H,3-6,12-16,19-21H2,1-2H3,(H2,33,40)(H,34,38). The summed E-state index contributed by atoms with van der Waals surface area (Å²) in [5.74, 6) is 0.246. The number of rotatable bonds is 12. The van der Waals surface area contributed by atoms with Gasteiger partial charge in [-0.3, -0.25) is 4.79 Å². The molecule has 1 amide bonds. The molecule has 220 valence electrons. The lowest BCUT2D eigenvalue weighted by molar-refractivity contribution is -0.130. The summed E-state index contributed by atoms with van der Waals surface area (Å²) >= 11 is 5.25. The van der Waals surface area contributed by atoms with Crippen LogP contribution in [0.4, 0.5) is 0 Å². The maximum absolute atomic E-state index is 12.9. The first kappa shape index (κ1) is 29.9. The maximum atomic E-state index is 12.9. The Balaban J connectivity index is 1.32. The minimum absolute atomic E-state index is 0.0931. The van der Waals surface area contributed by atoms with Crippen molar-refractivity contribution in [3.05, 3.63) is 59.8 Å². The van der Waals surface area contributed by atoms with Crippen molar-refractivity contribution in [2.45, 2.75) is 58.0 Å². The lowest BCUT2D eigenvalue weighted by Crippen LogP contribution is -2.53. The van der Waals surface area contributed by atoms with Gasteiger partial charge in [0.15, 0.2) is 0 Å². The summed E-state index contributed by atoms with van der Waals surface area (Å²) < 4.78 is 16.5. The Morgan fingerprint density at radius 1 is 1.10 bits per heavy atom. The van der Waals surface area contributed by atoms with Gasteiger partial charge in [0.2, 0.25) is 5.91 Å². The summed E-state index contributed by atoms with van der Waals surface area (Å²) in [5.41, 5.74) is 11.3. The molecule has 0 saturated carbocycles. The number of carbonyl (C=O) groups excluding carboxylic acids is 1. The number of unbranched alkanes of at least 4 members (excludes halogenated alkanes) is 3. The fraction of sp³-hybridized carbons (Fsp3) is 0.500. The third-order valence-corrected chi connectivity index (χ3v) is 9.99. The van der Waals surface area contributed by atoms with E-state index in [-0.39, 0.29) is 11.8 Å². The van der Waals surface area contributed by atoms with Crippen LogP contribution in [0.15, 0.2) is 48.7 Å². The molecule has 1 atom stereocenters. The van der Waals surface area contributed by atoms with Crippen LogP contribution in [0.5, 0.6) is 0 Å². The van der Waals surface area contributed by atoms with Gasteiger partial charge < -0.3 is 20.5 Å². The molecule has 1 unspecified atom stereocenters. The first-order valence-corrected chi connectivity index (χ1v) is 16.9. The van der Waals surface area contributed by atoms with Crippen molar-refractivity contribution in [3.63, 3.8) is 0 Å². The molecular weight excluding hydrogens is 551 g/mol. The van der Waals surface area contributed by atoms with Gasteiger partial charge in [-0.25, -0.2) is 8.51 Å². The fourth-order valence-corrected chi connectivity index (χ4v) is 7.02. The molecular formula is C32H43N5O2S2. The molecule has 41 heavy (non-hydrogen) atoms. The average molecular weight is 594 g/mol. The van der Waals surface area contributed by atoms with Crippen LogP contribution in [0.2, 0.25) is 0 Å². The molecule has 7 nitrogen and oxygen atoms in total. The van der Waals surface area contributed by atoms with Crippen molar-refractivity contribution in [1.29, 1.82) is 0 Å². The number of carbonyl (C=O) groups is 1. The first-order chi connectivity index (χ1) is 19.8. The summed E-state index contributed by atoms with van der Waals surface area (Å²) in [5, 5.41) is 4.36. The van der Waals surface area contributed by atoms with Crippen LogP contribution in [-0.2, 0) is 22.3 Å². The van der Waals surface area contributed by atoms with Gasteiger partial charge in [0.25, 0.3) is 0 Å². The lowest BCUT2D eigenvalue weighted by atomic mass is 9.98. The van der Waals surface area contributed by atoms with Gasteiger partial charge >= 0.3 is 0 Å². The number of hydrogen-bond acceptors (Lipinski definition) is 4. The number of piperidine rings is 1. The molecule has 3 N–H and O–H groups in total. The number of nitrogens with two attached hydrogens (primary N) is 1. The van der Waals surface area contributed by atoms with Crippen LogP contribution in [0, 0.1) is 5.92 Å². The van der Waals surface area contributed by atoms with E-state index >= 15 is 0 Å². The van der Waals surface area contributed by atoms with Gasteiger partial charge in [0, 0.05) is 73.2 Å². The monoisotopic (exact) mass is 593 g/mol. The van der Waals surface area contributed by atoms with E-state index < -0.39 is 11.0 Å². The van der Waals surface area contributed by atoms with Crippen molar-refractivity contribution < 1.29 is 9.00 Å². The van der Waals surface area contributed by atoms with Gasteiger partial charge in [0.05, 0.1) is 16.9 Å². The van der Waals surface area contributed by atoms with Crippen molar-refractivity contribution in [2.24, 2.45) is 11.7 Å². The normalized spacial score (nSPS) is 17.9. The zero-order chi connectivity index (χ0) is 28.9. The Labute approximate surface area is 252 Å². The van der Waals surface area contributed by atoms with E-state index in [1.807, 2.05) is 16.4 Å². The number of benzene rings is 2. The summed E-state index contributed by atoms with van der Waals surface area (Å²) in [7, 11) is -0.942. The number of likely N-dealkylation sites (tertiary alicyclic amines) is 1. The summed E-state index contributed by atoms with van der Waals surface area (Å²) in [4.78, 5) is 15.7. The molecule has 0 bridgehead atoms. The topological polar surface area (TPSA) is 83.6 Å². The molecule has 0 aliphatic carbocycles. The molecule has 2 saturated heterocycles.